The van der Waals surface area contributed by atoms with Gasteiger partial charge in [-0.2, -0.15) is 0 Å². The molecule has 0 saturated carbocycles. The zero-order valence-corrected chi connectivity index (χ0v) is 12.3. The second kappa shape index (κ2) is 5.13. The highest BCUT2D eigenvalue weighted by Gasteiger charge is 2.33. The summed E-state index contributed by atoms with van der Waals surface area (Å²) < 4.78 is 4.99. The topological polar surface area (TPSA) is 41.6 Å². The third kappa shape index (κ3) is 2.15. The van der Waals surface area contributed by atoms with Gasteiger partial charge in [-0.3, -0.25) is 0 Å². The number of methoxy groups -OCH3 is 1. The van der Waals surface area contributed by atoms with Crippen molar-refractivity contribution in [2.75, 3.05) is 31.6 Å². The maximum Gasteiger partial charge on any atom is 0.341 e. The van der Waals surface area contributed by atoms with E-state index in [1.54, 1.807) is 11.3 Å². The predicted octanol–water partition coefficient (Wildman–Crippen LogP) is 2.03. The number of carbonyl (C=O) groups is 1. The number of anilines is 1. The Kier molecular flexibility index (Phi) is 3.50. The summed E-state index contributed by atoms with van der Waals surface area (Å²) in [5.74, 6) is 0.608. The summed E-state index contributed by atoms with van der Waals surface area (Å²) in [6.45, 7) is 6.22. The summed E-state index contributed by atoms with van der Waals surface area (Å²) in [6, 6.07) is 0. The third-order valence-corrected chi connectivity index (χ3v) is 5.41. The first-order valence-corrected chi connectivity index (χ1v) is 7.74. The molecule has 0 amide bonds. The number of nitrogens with zero attached hydrogens (tertiary/aromatic N) is 1. The third-order valence-electron chi connectivity index (χ3n) is 4.12. The molecule has 19 heavy (non-hydrogen) atoms. The van der Waals surface area contributed by atoms with Crippen LogP contribution in [0.5, 0.6) is 0 Å². The summed E-state index contributed by atoms with van der Waals surface area (Å²) in [6.07, 6.45) is 2.15. The SMILES string of the molecule is CCC1CN(c2sc3c(c2C(=O)OC)CCNC3)C1. The van der Waals surface area contributed by atoms with Crippen molar-refractivity contribution in [2.45, 2.75) is 26.3 Å². The molecule has 1 aromatic rings. The van der Waals surface area contributed by atoms with Crippen molar-refractivity contribution in [3.8, 4) is 0 Å². The van der Waals surface area contributed by atoms with E-state index in [1.165, 1.54) is 24.0 Å². The average Bonchev–Trinajstić information content (AvgIpc) is 2.75. The Labute approximate surface area is 117 Å². The van der Waals surface area contributed by atoms with Crippen molar-refractivity contribution in [3.63, 3.8) is 0 Å². The van der Waals surface area contributed by atoms with E-state index in [-0.39, 0.29) is 5.97 Å². The second-order valence-electron chi connectivity index (χ2n) is 5.28. The van der Waals surface area contributed by atoms with Gasteiger partial charge >= 0.3 is 5.97 Å². The Morgan fingerprint density at radius 1 is 1.53 bits per heavy atom. The van der Waals surface area contributed by atoms with Crippen LogP contribution in [0.1, 0.15) is 34.1 Å². The molecule has 0 aromatic carbocycles. The van der Waals surface area contributed by atoms with Crippen molar-refractivity contribution < 1.29 is 9.53 Å². The molecule has 0 unspecified atom stereocenters. The fraction of sp³-hybridized carbons (Fsp3) is 0.643. The van der Waals surface area contributed by atoms with Crippen LogP contribution in [0.4, 0.5) is 5.00 Å². The normalized spacial score (nSPS) is 18.9. The van der Waals surface area contributed by atoms with E-state index in [9.17, 15) is 4.79 Å². The number of ether oxygens (including phenoxy) is 1. The van der Waals surface area contributed by atoms with E-state index in [2.05, 4.69) is 17.1 Å². The quantitative estimate of drug-likeness (QED) is 0.860. The Hall–Kier alpha value is -1.07. The number of rotatable bonds is 3. The molecule has 5 heteroatoms. The molecule has 104 valence electrons. The van der Waals surface area contributed by atoms with Crippen molar-refractivity contribution >= 4 is 22.3 Å². The van der Waals surface area contributed by atoms with Gasteiger partial charge in [-0.15, -0.1) is 11.3 Å². The maximum absolute atomic E-state index is 12.1. The average molecular weight is 280 g/mol. The fourth-order valence-corrected chi connectivity index (χ4v) is 4.17. The molecule has 1 aromatic heterocycles. The van der Waals surface area contributed by atoms with Gasteiger partial charge in [0.2, 0.25) is 0 Å². The number of thiophene rings is 1. The van der Waals surface area contributed by atoms with Crippen molar-refractivity contribution in [1.82, 2.24) is 5.32 Å². The molecule has 2 aliphatic rings. The van der Waals surface area contributed by atoms with Gasteiger partial charge in [0.05, 0.1) is 12.7 Å². The van der Waals surface area contributed by atoms with Crippen LogP contribution in [-0.4, -0.2) is 32.7 Å². The lowest BCUT2D eigenvalue weighted by molar-refractivity contribution is 0.0600. The lowest BCUT2D eigenvalue weighted by Gasteiger charge is -2.40. The first-order valence-electron chi connectivity index (χ1n) is 6.93. The number of hydrogen-bond donors (Lipinski definition) is 1. The molecule has 0 aliphatic carbocycles. The molecular formula is C14H20N2O2S. The molecule has 3 heterocycles. The van der Waals surface area contributed by atoms with Crippen LogP contribution < -0.4 is 10.2 Å². The lowest BCUT2D eigenvalue weighted by atomic mass is 9.96. The van der Waals surface area contributed by atoms with Crippen LogP contribution in [0, 0.1) is 5.92 Å². The first-order chi connectivity index (χ1) is 9.24. The van der Waals surface area contributed by atoms with E-state index in [1.807, 2.05) is 0 Å². The number of fused-ring (bicyclic) bond motifs is 1. The summed E-state index contributed by atoms with van der Waals surface area (Å²) in [5, 5.41) is 4.50. The highest BCUT2D eigenvalue weighted by atomic mass is 32.1. The first kappa shape index (κ1) is 12.9. The molecule has 0 spiro atoms. The molecule has 4 nitrogen and oxygen atoms in total. The molecular weight excluding hydrogens is 260 g/mol. The van der Waals surface area contributed by atoms with Gasteiger partial charge in [-0.05, 0) is 30.9 Å². The van der Waals surface area contributed by atoms with E-state index in [0.717, 1.165) is 49.1 Å². The molecule has 0 bridgehead atoms. The minimum absolute atomic E-state index is 0.172. The van der Waals surface area contributed by atoms with Gasteiger partial charge in [0, 0.05) is 24.5 Å². The zero-order chi connectivity index (χ0) is 13.4. The Balaban J connectivity index is 1.94. The minimum Gasteiger partial charge on any atom is -0.465 e. The summed E-state index contributed by atoms with van der Waals surface area (Å²) in [7, 11) is 1.47. The highest BCUT2D eigenvalue weighted by Crippen LogP contribution is 2.41. The number of hydrogen-bond acceptors (Lipinski definition) is 5. The van der Waals surface area contributed by atoms with Gasteiger partial charge in [0.15, 0.2) is 0 Å². The predicted molar refractivity (Wildman–Crippen MR) is 77.1 cm³/mol. The van der Waals surface area contributed by atoms with Gasteiger partial charge in [0.1, 0.15) is 5.00 Å². The summed E-state index contributed by atoms with van der Waals surface area (Å²) in [5.41, 5.74) is 2.05. The lowest BCUT2D eigenvalue weighted by Crippen LogP contribution is -2.46. The van der Waals surface area contributed by atoms with Crippen LogP contribution in [-0.2, 0) is 17.7 Å². The van der Waals surface area contributed by atoms with Crippen LogP contribution in [0.25, 0.3) is 0 Å². The van der Waals surface area contributed by atoms with Crippen LogP contribution in [0.15, 0.2) is 0 Å². The molecule has 0 radical (unpaired) electrons. The van der Waals surface area contributed by atoms with Crippen LogP contribution >= 0.6 is 11.3 Å². The van der Waals surface area contributed by atoms with Crippen molar-refractivity contribution in [3.05, 3.63) is 16.0 Å². The maximum atomic E-state index is 12.1. The Bertz CT molecular complexity index is 492. The smallest absolute Gasteiger partial charge is 0.341 e. The molecule has 1 N–H and O–H groups in total. The number of carbonyl (C=O) groups excluding carboxylic acids is 1. The van der Waals surface area contributed by atoms with E-state index >= 15 is 0 Å². The Morgan fingerprint density at radius 2 is 2.32 bits per heavy atom. The number of esters is 1. The fourth-order valence-electron chi connectivity index (χ4n) is 2.85. The van der Waals surface area contributed by atoms with Crippen LogP contribution in [0.2, 0.25) is 0 Å². The van der Waals surface area contributed by atoms with Gasteiger partial charge in [-0.25, -0.2) is 4.79 Å². The second-order valence-corrected chi connectivity index (χ2v) is 6.37. The monoisotopic (exact) mass is 280 g/mol. The van der Waals surface area contributed by atoms with Gasteiger partial charge < -0.3 is 15.0 Å². The Morgan fingerprint density at radius 3 is 3.00 bits per heavy atom. The molecule has 1 saturated heterocycles. The van der Waals surface area contributed by atoms with E-state index in [4.69, 9.17) is 4.74 Å². The summed E-state index contributed by atoms with van der Waals surface area (Å²) >= 11 is 1.76. The molecule has 2 aliphatic heterocycles. The molecule has 3 rings (SSSR count). The minimum atomic E-state index is -0.172. The molecule has 1 fully saturated rings. The largest absolute Gasteiger partial charge is 0.465 e. The molecule has 0 atom stereocenters. The summed E-state index contributed by atoms with van der Waals surface area (Å²) in [4.78, 5) is 15.7. The van der Waals surface area contributed by atoms with E-state index in [0.29, 0.717) is 0 Å². The highest BCUT2D eigenvalue weighted by molar-refractivity contribution is 7.16. The van der Waals surface area contributed by atoms with Crippen LogP contribution in [0.3, 0.4) is 0 Å². The van der Waals surface area contributed by atoms with Gasteiger partial charge in [0.25, 0.3) is 0 Å². The zero-order valence-electron chi connectivity index (χ0n) is 11.5. The van der Waals surface area contributed by atoms with Crippen molar-refractivity contribution in [1.29, 1.82) is 0 Å². The van der Waals surface area contributed by atoms with Crippen molar-refractivity contribution in [2.24, 2.45) is 5.92 Å². The van der Waals surface area contributed by atoms with Gasteiger partial charge in [-0.1, -0.05) is 6.92 Å². The number of nitrogens with one attached hydrogen (secondary N) is 1. The standard InChI is InChI=1S/C14H20N2O2S/c1-3-9-7-16(8-9)13-12(14(17)18-2)10-4-5-15-6-11(10)19-13/h9,15H,3-8H2,1-2H3. The van der Waals surface area contributed by atoms with E-state index < -0.39 is 0 Å².